The van der Waals surface area contributed by atoms with E-state index in [0.717, 1.165) is 61.1 Å². The number of aromatic nitrogens is 4. The molecule has 34 heavy (non-hydrogen) atoms. The van der Waals surface area contributed by atoms with E-state index in [1.807, 2.05) is 18.2 Å². The topological polar surface area (TPSA) is 125 Å². The number of nitrogens with one attached hydrogen (secondary N) is 2. The van der Waals surface area contributed by atoms with Gasteiger partial charge in [-0.25, -0.2) is 15.0 Å². The second-order valence-electron chi connectivity index (χ2n) is 8.84. The lowest BCUT2D eigenvalue weighted by Gasteiger charge is -2.27. The molecular weight excluding hydrogens is 454 g/mol. The number of aliphatic hydroxyl groups excluding tert-OH is 1. The van der Waals surface area contributed by atoms with E-state index in [1.165, 1.54) is 18.4 Å². The van der Waals surface area contributed by atoms with E-state index in [2.05, 4.69) is 25.5 Å². The van der Waals surface area contributed by atoms with Crippen LogP contribution in [0.25, 0.3) is 10.3 Å². The molecule has 1 atom stereocenters. The van der Waals surface area contributed by atoms with Gasteiger partial charge in [-0.2, -0.15) is 4.98 Å². The number of aliphatic hydroxyl groups is 1. The van der Waals surface area contributed by atoms with Crippen LogP contribution in [0.4, 0.5) is 16.9 Å². The van der Waals surface area contributed by atoms with Crippen molar-refractivity contribution in [1.82, 2.24) is 24.8 Å². The predicted octanol–water partition coefficient (Wildman–Crippen LogP) is 3.08. The standard InChI is InChI=1S/C23H29N7O3S/c1-33-21(32)18-5-3-11-30(18)13-15-12-19(29-23-27-17-4-2-10-24-20(17)34-23)28-22(26-15)25-14-6-8-16(31)9-7-14/h2,4,10,12,14,16,18,31H,3,5-9,11,13H2,1H3,(H2,25,26,27,28,29)/t14-,16-,18-/m0/s1. The predicted molar refractivity (Wildman–Crippen MR) is 130 cm³/mol. The number of nitrogens with zero attached hydrogens (tertiary/aromatic N) is 5. The number of pyridine rings is 1. The molecule has 3 N–H and O–H groups in total. The number of anilines is 3. The first-order valence-corrected chi connectivity index (χ1v) is 12.5. The van der Waals surface area contributed by atoms with E-state index < -0.39 is 0 Å². The molecule has 1 saturated carbocycles. The third kappa shape index (κ3) is 5.26. The molecular formula is C23H29N7O3S. The quantitative estimate of drug-likeness (QED) is 0.432. The molecule has 0 bridgehead atoms. The molecule has 2 aliphatic rings. The van der Waals surface area contributed by atoms with E-state index in [4.69, 9.17) is 14.7 Å². The number of methoxy groups -OCH3 is 1. The van der Waals surface area contributed by atoms with E-state index in [1.54, 1.807) is 6.20 Å². The van der Waals surface area contributed by atoms with Crippen molar-refractivity contribution >= 4 is 44.6 Å². The molecule has 3 aromatic rings. The van der Waals surface area contributed by atoms with Crippen molar-refractivity contribution in [2.75, 3.05) is 24.3 Å². The van der Waals surface area contributed by atoms with Gasteiger partial charge in [-0.3, -0.25) is 9.69 Å². The monoisotopic (exact) mass is 483 g/mol. The lowest BCUT2D eigenvalue weighted by molar-refractivity contribution is -0.146. The number of fused-ring (bicyclic) bond motifs is 1. The minimum absolute atomic E-state index is 0.203. The highest BCUT2D eigenvalue weighted by molar-refractivity contribution is 7.21. The number of thiazole rings is 1. The van der Waals surface area contributed by atoms with Crippen LogP contribution in [0.5, 0.6) is 0 Å². The Morgan fingerprint density at radius 2 is 2.09 bits per heavy atom. The van der Waals surface area contributed by atoms with Gasteiger partial charge in [0.05, 0.1) is 18.9 Å². The number of hydrogen-bond donors (Lipinski definition) is 3. The zero-order valence-corrected chi connectivity index (χ0v) is 19.9. The number of carbonyl (C=O) groups is 1. The van der Waals surface area contributed by atoms with Gasteiger partial charge in [0.1, 0.15) is 22.2 Å². The van der Waals surface area contributed by atoms with Gasteiger partial charge in [-0.05, 0) is 57.2 Å². The maximum atomic E-state index is 12.2. The fourth-order valence-electron chi connectivity index (χ4n) is 4.67. The SMILES string of the molecule is COC(=O)[C@@H]1CCCN1Cc1cc(Nc2nc3cccnc3s2)nc(N[C@H]2CC[C@H](O)CC2)n1. The maximum absolute atomic E-state index is 12.2. The molecule has 4 heterocycles. The van der Waals surface area contributed by atoms with Gasteiger partial charge in [0.25, 0.3) is 0 Å². The van der Waals surface area contributed by atoms with Crippen molar-refractivity contribution in [2.24, 2.45) is 0 Å². The molecule has 10 nitrogen and oxygen atoms in total. The molecule has 11 heteroatoms. The van der Waals surface area contributed by atoms with Crippen molar-refractivity contribution in [3.05, 3.63) is 30.1 Å². The van der Waals surface area contributed by atoms with Crippen molar-refractivity contribution in [3.8, 4) is 0 Å². The van der Waals surface area contributed by atoms with E-state index in [9.17, 15) is 9.90 Å². The Kier molecular flexibility index (Phi) is 6.84. The lowest BCUT2D eigenvalue weighted by Crippen LogP contribution is -2.36. The fraction of sp³-hybridized carbons (Fsp3) is 0.522. The van der Waals surface area contributed by atoms with Gasteiger partial charge in [0.2, 0.25) is 5.95 Å². The Morgan fingerprint density at radius 1 is 1.24 bits per heavy atom. The summed E-state index contributed by atoms with van der Waals surface area (Å²) in [6.07, 6.45) is 6.56. The van der Waals surface area contributed by atoms with Gasteiger partial charge < -0.3 is 20.5 Å². The van der Waals surface area contributed by atoms with Crippen LogP contribution in [0.3, 0.4) is 0 Å². The normalized spacial score (nSPS) is 23.2. The van der Waals surface area contributed by atoms with Crippen molar-refractivity contribution in [1.29, 1.82) is 0 Å². The minimum Gasteiger partial charge on any atom is -0.468 e. The van der Waals surface area contributed by atoms with E-state index >= 15 is 0 Å². The van der Waals surface area contributed by atoms with E-state index in [-0.39, 0.29) is 24.2 Å². The third-order valence-corrected chi connectivity index (χ3v) is 7.31. The lowest BCUT2D eigenvalue weighted by atomic mass is 9.93. The Bertz CT molecular complexity index is 1120. The molecule has 0 spiro atoms. The van der Waals surface area contributed by atoms with Crippen LogP contribution in [-0.2, 0) is 16.1 Å². The second kappa shape index (κ2) is 10.2. The highest BCUT2D eigenvalue weighted by Crippen LogP contribution is 2.28. The van der Waals surface area contributed by atoms with Gasteiger partial charge >= 0.3 is 5.97 Å². The summed E-state index contributed by atoms with van der Waals surface area (Å²) in [6.45, 7) is 1.34. The molecule has 1 saturated heterocycles. The largest absolute Gasteiger partial charge is 0.468 e. The number of rotatable bonds is 7. The van der Waals surface area contributed by atoms with Gasteiger partial charge in [-0.15, -0.1) is 0 Å². The molecule has 5 rings (SSSR count). The summed E-state index contributed by atoms with van der Waals surface area (Å²) in [5.41, 5.74) is 1.65. The summed E-state index contributed by atoms with van der Waals surface area (Å²) >= 11 is 1.47. The Labute approximate surface area is 201 Å². The molecule has 0 radical (unpaired) electrons. The Hall–Kier alpha value is -2.89. The summed E-state index contributed by atoms with van der Waals surface area (Å²) in [6, 6.07) is 5.67. The summed E-state index contributed by atoms with van der Waals surface area (Å²) in [5.74, 6) is 0.969. The molecule has 0 unspecified atom stereocenters. The van der Waals surface area contributed by atoms with Crippen LogP contribution in [0, 0.1) is 0 Å². The highest BCUT2D eigenvalue weighted by Gasteiger charge is 2.32. The van der Waals surface area contributed by atoms with Gasteiger partial charge in [-0.1, -0.05) is 11.3 Å². The summed E-state index contributed by atoms with van der Waals surface area (Å²) in [4.78, 5) is 33.6. The summed E-state index contributed by atoms with van der Waals surface area (Å²) in [7, 11) is 1.43. The number of ether oxygens (including phenoxy) is 1. The molecule has 0 aromatic carbocycles. The first-order valence-electron chi connectivity index (χ1n) is 11.7. The minimum atomic E-state index is -0.247. The first kappa shape index (κ1) is 22.9. The molecule has 1 aliphatic heterocycles. The van der Waals surface area contributed by atoms with Crippen molar-refractivity contribution < 1.29 is 14.6 Å². The number of likely N-dealkylation sites (tertiary alicyclic amines) is 1. The van der Waals surface area contributed by atoms with Crippen molar-refractivity contribution in [2.45, 2.75) is 63.3 Å². The fourth-order valence-corrected chi connectivity index (χ4v) is 5.48. The number of esters is 1. The van der Waals surface area contributed by atoms with Crippen LogP contribution in [0.2, 0.25) is 0 Å². The molecule has 0 amide bonds. The Morgan fingerprint density at radius 3 is 2.88 bits per heavy atom. The first-order chi connectivity index (χ1) is 16.6. The maximum Gasteiger partial charge on any atom is 0.323 e. The summed E-state index contributed by atoms with van der Waals surface area (Å²) in [5, 5.41) is 17.3. The smallest absolute Gasteiger partial charge is 0.323 e. The van der Waals surface area contributed by atoms with Crippen LogP contribution >= 0.6 is 11.3 Å². The van der Waals surface area contributed by atoms with Gasteiger partial charge in [0.15, 0.2) is 5.13 Å². The van der Waals surface area contributed by atoms with Crippen LogP contribution in [0.1, 0.15) is 44.2 Å². The van der Waals surface area contributed by atoms with Crippen molar-refractivity contribution in [3.63, 3.8) is 0 Å². The summed E-state index contributed by atoms with van der Waals surface area (Å²) < 4.78 is 5.00. The zero-order chi connectivity index (χ0) is 23.5. The molecule has 1 aliphatic carbocycles. The van der Waals surface area contributed by atoms with Crippen LogP contribution in [-0.4, -0.2) is 67.8 Å². The zero-order valence-electron chi connectivity index (χ0n) is 19.1. The number of hydrogen-bond acceptors (Lipinski definition) is 11. The average Bonchev–Trinajstić information content (AvgIpc) is 3.46. The van der Waals surface area contributed by atoms with E-state index in [0.29, 0.717) is 23.4 Å². The average molecular weight is 484 g/mol. The second-order valence-corrected chi connectivity index (χ2v) is 9.82. The van der Waals surface area contributed by atoms with Crippen LogP contribution in [0.15, 0.2) is 24.4 Å². The van der Waals surface area contributed by atoms with Crippen LogP contribution < -0.4 is 10.6 Å². The third-order valence-electron chi connectivity index (χ3n) is 6.41. The highest BCUT2D eigenvalue weighted by atomic mass is 32.1. The van der Waals surface area contributed by atoms with Gasteiger partial charge in [0, 0.05) is 24.8 Å². The molecule has 3 aromatic heterocycles. The molecule has 180 valence electrons. The molecule has 2 fully saturated rings. The number of carbonyl (C=O) groups excluding carboxylic acids is 1. The Balaban J connectivity index is 1.39.